The summed E-state index contributed by atoms with van der Waals surface area (Å²) >= 11 is 0. The zero-order valence-corrected chi connectivity index (χ0v) is 13.8. The van der Waals surface area contributed by atoms with Gasteiger partial charge >= 0.3 is 0 Å². The molecule has 0 N–H and O–H groups in total. The average molecular weight is 307 g/mol. The maximum atomic E-state index is 12.6. The number of hydrogen-bond donors (Lipinski definition) is 0. The molecule has 3 fully saturated rings. The van der Waals surface area contributed by atoms with Crippen molar-refractivity contribution in [3.8, 4) is 0 Å². The zero-order chi connectivity index (χ0) is 15.5. The first kappa shape index (κ1) is 15.8. The quantitative estimate of drug-likeness (QED) is 0.783. The summed E-state index contributed by atoms with van der Waals surface area (Å²) in [4.78, 5) is 31.1. The number of hydrogen-bond acceptors (Lipinski definition) is 3. The van der Waals surface area contributed by atoms with Crippen LogP contribution in [-0.4, -0.2) is 72.3 Å². The summed E-state index contributed by atoms with van der Waals surface area (Å²) in [5.41, 5.74) is 0. The van der Waals surface area contributed by atoms with Crippen LogP contribution < -0.4 is 0 Å². The number of piperazine rings is 1. The van der Waals surface area contributed by atoms with E-state index in [-0.39, 0.29) is 17.7 Å². The molecule has 1 unspecified atom stereocenters. The SMILES string of the molecule is CC(CN1CCCC1)C(=O)N1CCN(C(=O)C2CCC2)CC1. The van der Waals surface area contributed by atoms with Gasteiger partial charge in [0.2, 0.25) is 11.8 Å². The van der Waals surface area contributed by atoms with Crippen LogP contribution in [-0.2, 0) is 9.59 Å². The molecule has 124 valence electrons. The minimum absolute atomic E-state index is 0.0759. The summed E-state index contributed by atoms with van der Waals surface area (Å²) in [6.07, 6.45) is 5.85. The maximum Gasteiger partial charge on any atom is 0.226 e. The van der Waals surface area contributed by atoms with E-state index < -0.39 is 0 Å². The third-order valence-corrected chi connectivity index (χ3v) is 5.51. The van der Waals surface area contributed by atoms with Crippen molar-refractivity contribution in [1.82, 2.24) is 14.7 Å². The van der Waals surface area contributed by atoms with E-state index in [1.165, 1.54) is 19.3 Å². The van der Waals surface area contributed by atoms with Gasteiger partial charge in [0.1, 0.15) is 0 Å². The Morgan fingerprint density at radius 1 is 0.909 bits per heavy atom. The van der Waals surface area contributed by atoms with E-state index in [1.807, 2.05) is 16.7 Å². The molecule has 0 bridgehead atoms. The predicted octanol–water partition coefficient (Wildman–Crippen LogP) is 1.19. The van der Waals surface area contributed by atoms with E-state index in [9.17, 15) is 9.59 Å². The van der Waals surface area contributed by atoms with Crippen LogP contribution >= 0.6 is 0 Å². The maximum absolute atomic E-state index is 12.6. The van der Waals surface area contributed by atoms with Crippen molar-refractivity contribution in [1.29, 1.82) is 0 Å². The van der Waals surface area contributed by atoms with Gasteiger partial charge in [0, 0.05) is 44.6 Å². The van der Waals surface area contributed by atoms with Gasteiger partial charge in [-0.1, -0.05) is 13.3 Å². The van der Waals surface area contributed by atoms with Crippen LogP contribution in [0.5, 0.6) is 0 Å². The van der Waals surface area contributed by atoms with Crippen molar-refractivity contribution in [2.45, 2.75) is 39.0 Å². The molecule has 2 heterocycles. The Balaban J connectivity index is 1.43. The van der Waals surface area contributed by atoms with Crippen LogP contribution in [0.25, 0.3) is 0 Å². The van der Waals surface area contributed by atoms with Gasteiger partial charge in [-0.05, 0) is 38.8 Å². The van der Waals surface area contributed by atoms with Crippen LogP contribution in [0.2, 0.25) is 0 Å². The van der Waals surface area contributed by atoms with E-state index in [4.69, 9.17) is 0 Å². The summed E-state index contributed by atoms with van der Waals surface area (Å²) in [6, 6.07) is 0. The summed E-state index contributed by atoms with van der Waals surface area (Å²) in [5, 5.41) is 0. The lowest BCUT2D eigenvalue weighted by Crippen LogP contribution is -2.54. The number of amides is 2. The smallest absolute Gasteiger partial charge is 0.226 e. The lowest BCUT2D eigenvalue weighted by molar-refractivity contribution is -0.145. The molecular formula is C17H29N3O2. The minimum Gasteiger partial charge on any atom is -0.339 e. The highest BCUT2D eigenvalue weighted by atomic mass is 16.2. The minimum atomic E-state index is 0.0759. The molecule has 5 nitrogen and oxygen atoms in total. The number of nitrogens with zero attached hydrogens (tertiary/aromatic N) is 3. The third kappa shape index (κ3) is 3.45. The van der Waals surface area contributed by atoms with E-state index in [2.05, 4.69) is 4.90 Å². The normalized spacial score (nSPS) is 25.1. The summed E-state index contributed by atoms with van der Waals surface area (Å²) in [6.45, 7) is 8.08. The van der Waals surface area contributed by atoms with Gasteiger partial charge in [0.15, 0.2) is 0 Å². The fourth-order valence-electron chi connectivity index (χ4n) is 3.80. The molecule has 1 aliphatic carbocycles. The Kier molecular flexibility index (Phi) is 5.01. The highest BCUT2D eigenvalue weighted by Crippen LogP contribution is 2.28. The summed E-state index contributed by atoms with van der Waals surface area (Å²) < 4.78 is 0. The van der Waals surface area contributed by atoms with Crippen molar-refractivity contribution in [2.75, 3.05) is 45.8 Å². The van der Waals surface area contributed by atoms with E-state index >= 15 is 0 Å². The second-order valence-corrected chi connectivity index (χ2v) is 7.19. The van der Waals surface area contributed by atoms with Crippen LogP contribution in [0, 0.1) is 11.8 Å². The Labute approximate surface area is 133 Å². The summed E-state index contributed by atoms with van der Waals surface area (Å²) in [7, 11) is 0. The molecule has 0 spiro atoms. The molecule has 0 aromatic rings. The highest BCUT2D eigenvalue weighted by Gasteiger charge is 2.33. The van der Waals surface area contributed by atoms with Crippen LogP contribution in [0.1, 0.15) is 39.0 Å². The van der Waals surface area contributed by atoms with Crippen LogP contribution in [0.4, 0.5) is 0 Å². The van der Waals surface area contributed by atoms with E-state index in [0.29, 0.717) is 19.0 Å². The number of carbonyl (C=O) groups excluding carboxylic acids is 2. The van der Waals surface area contributed by atoms with Gasteiger partial charge in [-0.3, -0.25) is 9.59 Å². The molecule has 0 aromatic carbocycles. The van der Waals surface area contributed by atoms with Crippen molar-refractivity contribution < 1.29 is 9.59 Å². The largest absolute Gasteiger partial charge is 0.339 e. The van der Waals surface area contributed by atoms with Gasteiger partial charge in [-0.25, -0.2) is 0 Å². The molecule has 22 heavy (non-hydrogen) atoms. The molecule has 3 rings (SSSR count). The third-order valence-electron chi connectivity index (χ3n) is 5.51. The number of rotatable bonds is 4. The molecule has 0 aromatic heterocycles. The van der Waals surface area contributed by atoms with Crippen molar-refractivity contribution >= 4 is 11.8 Å². The fraction of sp³-hybridized carbons (Fsp3) is 0.882. The molecule has 0 radical (unpaired) electrons. The lowest BCUT2D eigenvalue weighted by Gasteiger charge is -2.39. The van der Waals surface area contributed by atoms with E-state index in [0.717, 1.165) is 45.6 Å². The van der Waals surface area contributed by atoms with Crippen molar-refractivity contribution in [2.24, 2.45) is 11.8 Å². The molecule has 2 saturated heterocycles. The second kappa shape index (κ2) is 6.99. The Morgan fingerprint density at radius 2 is 1.50 bits per heavy atom. The number of carbonyl (C=O) groups is 2. The highest BCUT2D eigenvalue weighted by molar-refractivity contribution is 5.81. The van der Waals surface area contributed by atoms with Crippen LogP contribution in [0.15, 0.2) is 0 Å². The first-order chi connectivity index (χ1) is 10.6. The Bertz CT molecular complexity index is 408. The monoisotopic (exact) mass is 307 g/mol. The van der Waals surface area contributed by atoms with Crippen molar-refractivity contribution in [3.63, 3.8) is 0 Å². The topological polar surface area (TPSA) is 43.9 Å². The lowest BCUT2D eigenvalue weighted by atomic mass is 9.84. The van der Waals surface area contributed by atoms with E-state index in [1.54, 1.807) is 0 Å². The van der Waals surface area contributed by atoms with Gasteiger partial charge in [0.25, 0.3) is 0 Å². The molecule has 2 aliphatic heterocycles. The fourth-order valence-corrected chi connectivity index (χ4v) is 3.80. The summed E-state index contributed by atoms with van der Waals surface area (Å²) in [5.74, 6) is 0.939. The molecular weight excluding hydrogens is 278 g/mol. The Morgan fingerprint density at radius 3 is 2.05 bits per heavy atom. The molecule has 1 saturated carbocycles. The molecule has 1 atom stereocenters. The standard InChI is InChI=1S/C17H29N3O2/c1-14(13-18-7-2-3-8-18)16(21)19-9-11-20(12-10-19)17(22)15-5-4-6-15/h14-15H,2-13H2,1H3. The molecule has 3 aliphatic rings. The molecule has 2 amide bonds. The molecule has 5 heteroatoms. The number of likely N-dealkylation sites (tertiary alicyclic amines) is 1. The average Bonchev–Trinajstić information content (AvgIpc) is 2.97. The van der Waals surface area contributed by atoms with Gasteiger partial charge < -0.3 is 14.7 Å². The predicted molar refractivity (Wildman–Crippen MR) is 85.3 cm³/mol. The zero-order valence-electron chi connectivity index (χ0n) is 13.8. The van der Waals surface area contributed by atoms with Gasteiger partial charge in [-0.15, -0.1) is 0 Å². The van der Waals surface area contributed by atoms with Gasteiger partial charge in [0.05, 0.1) is 0 Å². The van der Waals surface area contributed by atoms with Crippen molar-refractivity contribution in [3.05, 3.63) is 0 Å². The first-order valence-electron chi connectivity index (χ1n) is 8.95. The van der Waals surface area contributed by atoms with Gasteiger partial charge in [-0.2, -0.15) is 0 Å². The van der Waals surface area contributed by atoms with Crippen LogP contribution in [0.3, 0.4) is 0 Å². The Hall–Kier alpha value is -1.10. The first-order valence-corrected chi connectivity index (χ1v) is 8.95. The second-order valence-electron chi connectivity index (χ2n) is 7.19.